The van der Waals surface area contributed by atoms with Crippen LogP contribution in [0.5, 0.6) is 0 Å². The van der Waals surface area contributed by atoms with Crippen LogP contribution in [0.1, 0.15) is 17.7 Å². The van der Waals surface area contributed by atoms with Crippen molar-refractivity contribution < 1.29 is 9.53 Å². The van der Waals surface area contributed by atoms with E-state index in [1.807, 2.05) is 6.07 Å². The fourth-order valence-electron chi connectivity index (χ4n) is 0.929. The van der Waals surface area contributed by atoms with Gasteiger partial charge in [0.05, 0.1) is 24.8 Å². The van der Waals surface area contributed by atoms with Gasteiger partial charge in [0.15, 0.2) is 0 Å². The van der Waals surface area contributed by atoms with Crippen LogP contribution in [0.15, 0.2) is 24.4 Å². The second-order valence-electron chi connectivity index (χ2n) is 2.77. The molecule has 1 aromatic heterocycles. The van der Waals surface area contributed by atoms with Crippen LogP contribution in [-0.2, 0) is 9.53 Å². The lowest BCUT2D eigenvalue weighted by Gasteiger charge is -1.93. The van der Waals surface area contributed by atoms with Crippen molar-refractivity contribution in [1.29, 1.82) is 5.26 Å². The van der Waals surface area contributed by atoms with Crippen molar-refractivity contribution >= 4 is 12.0 Å². The smallest absolute Gasteiger partial charge is 0.309 e. The summed E-state index contributed by atoms with van der Waals surface area (Å²) in [5.41, 5.74) is 1.22. The average Bonchev–Trinajstić information content (AvgIpc) is 2.29. The first-order valence-electron chi connectivity index (χ1n) is 4.36. The molecule has 0 aliphatic carbocycles. The van der Waals surface area contributed by atoms with Gasteiger partial charge in [0.1, 0.15) is 6.07 Å². The van der Waals surface area contributed by atoms with Crippen LogP contribution in [0, 0.1) is 11.3 Å². The Morgan fingerprint density at radius 2 is 2.47 bits per heavy atom. The summed E-state index contributed by atoms with van der Waals surface area (Å²) >= 11 is 0. The summed E-state index contributed by atoms with van der Waals surface area (Å²) in [6, 6.07) is 5.36. The molecule has 1 aromatic rings. The summed E-state index contributed by atoms with van der Waals surface area (Å²) in [7, 11) is 1.34. The Labute approximate surface area is 87.8 Å². The largest absolute Gasteiger partial charge is 0.469 e. The van der Waals surface area contributed by atoms with Crippen molar-refractivity contribution in [3.8, 4) is 6.07 Å². The first-order chi connectivity index (χ1) is 7.26. The molecule has 0 radical (unpaired) electrons. The van der Waals surface area contributed by atoms with E-state index in [0.717, 1.165) is 0 Å². The van der Waals surface area contributed by atoms with Crippen molar-refractivity contribution in [2.45, 2.75) is 6.42 Å². The summed E-state index contributed by atoms with van der Waals surface area (Å²) in [4.78, 5) is 14.8. The van der Waals surface area contributed by atoms with Crippen LogP contribution >= 0.6 is 0 Å². The number of aromatic nitrogens is 1. The summed E-state index contributed by atoms with van der Waals surface area (Å²) in [6.07, 6.45) is 5.08. The molecule has 76 valence electrons. The van der Waals surface area contributed by atoms with E-state index in [9.17, 15) is 4.79 Å². The zero-order valence-corrected chi connectivity index (χ0v) is 8.30. The summed E-state index contributed by atoms with van der Waals surface area (Å²) in [5.74, 6) is -0.292. The second kappa shape index (κ2) is 5.55. The molecule has 1 heterocycles. The lowest BCUT2D eigenvalue weighted by molar-refractivity contribution is -0.139. The maximum Gasteiger partial charge on any atom is 0.309 e. The van der Waals surface area contributed by atoms with Gasteiger partial charge in [-0.15, -0.1) is 0 Å². The predicted octanol–water partition coefficient (Wildman–Crippen LogP) is 1.53. The minimum atomic E-state index is -0.292. The lowest BCUT2D eigenvalue weighted by Crippen LogP contribution is -1.96. The maximum atomic E-state index is 10.8. The number of nitriles is 1. The highest BCUT2D eigenvalue weighted by atomic mass is 16.5. The topological polar surface area (TPSA) is 63.0 Å². The molecular formula is C11H10N2O2. The zero-order valence-electron chi connectivity index (χ0n) is 8.30. The standard InChI is InChI=1S/C11H10N2O2/c1-15-11(14)4-2-3-10-6-5-9(7-12)8-13-10/h2-3,5-6,8H,4H2,1H3. The van der Waals surface area contributed by atoms with Gasteiger partial charge in [0, 0.05) is 6.20 Å². The molecule has 0 fully saturated rings. The quantitative estimate of drug-likeness (QED) is 0.697. The van der Waals surface area contributed by atoms with Crippen LogP contribution in [-0.4, -0.2) is 18.1 Å². The monoisotopic (exact) mass is 202 g/mol. The number of hydrogen-bond acceptors (Lipinski definition) is 4. The molecule has 0 unspecified atom stereocenters. The van der Waals surface area contributed by atoms with E-state index in [2.05, 4.69) is 9.72 Å². The highest BCUT2D eigenvalue weighted by molar-refractivity contribution is 5.72. The molecule has 0 bridgehead atoms. The van der Waals surface area contributed by atoms with Crippen molar-refractivity contribution in [2.24, 2.45) is 0 Å². The molecule has 0 saturated carbocycles. The van der Waals surface area contributed by atoms with Crippen LogP contribution in [0.2, 0.25) is 0 Å². The third-order valence-electron chi connectivity index (χ3n) is 1.72. The summed E-state index contributed by atoms with van der Waals surface area (Å²) in [5, 5.41) is 8.54. The van der Waals surface area contributed by atoms with Gasteiger partial charge in [-0.25, -0.2) is 0 Å². The van der Waals surface area contributed by atoms with E-state index >= 15 is 0 Å². The number of rotatable bonds is 3. The van der Waals surface area contributed by atoms with Crippen LogP contribution < -0.4 is 0 Å². The van der Waals surface area contributed by atoms with E-state index < -0.39 is 0 Å². The Morgan fingerprint density at radius 1 is 1.67 bits per heavy atom. The molecule has 0 saturated heterocycles. The van der Waals surface area contributed by atoms with Gasteiger partial charge in [-0.2, -0.15) is 5.26 Å². The van der Waals surface area contributed by atoms with E-state index in [-0.39, 0.29) is 12.4 Å². The van der Waals surface area contributed by atoms with Gasteiger partial charge in [-0.05, 0) is 18.2 Å². The minimum Gasteiger partial charge on any atom is -0.469 e. The number of hydrogen-bond donors (Lipinski definition) is 0. The van der Waals surface area contributed by atoms with Gasteiger partial charge in [0.25, 0.3) is 0 Å². The Balaban J connectivity index is 2.58. The van der Waals surface area contributed by atoms with Gasteiger partial charge in [-0.1, -0.05) is 6.08 Å². The lowest BCUT2D eigenvalue weighted by atomic mass is 10.2. The molecule has 0 aromatic carbocycles. The van der Waals surface area contributed by atoms with Crippen LogP contribution in [0.4, 0.5) is 0 Å². The second-order valence-corrected chi connectivity index (χ2v) is 2.77. The number of esters is 1. The van der Waals surface area contributed by atoms with Gasteiger partial charge in [-0.3, -0.25) is 9.78 Å². The molecule has 0 aliphatic heterocycles. The molecule has 0 spiro atoms. The normalized spacial score (nSPS) is 9.87. The highest BCUT2D eigenvalue weighted by Gasteiger charge is 1.95. The van der Waals surface area contributed by atoms with E-state index in [0.29, 0.717) is 11.3 Å². The molecular weight excluding hydrogens is 192 g/mol. The molecule has 4 nitrogen and oxygen atoms in total. The van der Waals surface area contributed by atoms with E-state index in [4.69, 9.17) is 5.26 Å². The predicted molar refractivity (Wildman–Crippen MR) is 54.6 cm³/mol. The van der Waals surface area contributed by atoms with Crippen molar-refractivity contribution in [1.82, 2.24) is 4.98 Å². The first-order valence-corrected chi connectivity index (χ1v) is 4.36. The fraction of sp³-hybridized carbons (Fsp3) is 0.182. The number of carbonyl (C=O) groups excluding carboxylic acids is 1. The van der Waals surface area contributed by atoms with E-state index in [1.165, 1.54) is 13.3 Å². The summed E-state index contributed by atoms with van der Waals surface area (Å²) < 4.78 is 4.47. The highest BCUT2D eigenvalue weighted by Crippen LogP contribution is 2.01. The number of pyridine rings is 1. The Morgan fingerprint density at radius 3 is 3.00 bits per heavy atom. The molecule has 15 heavy (non-hydrogen) atoms. The van der Waals surface area contributed by atoms with Gasteiger partial charge < -0.3 is 4.74 Å². The molecule has 0 atom stereocenters. The SMILES string of the molecule is COC(=O)CC=Cc1ccc(C#N)cn1. The first kappa shape index (κ1) is 10.9. The molecule has 0 aliphatic rings. The van der Waals surface area contributed by atoms with Crippen molar-refractivity contribution in [3.63, 3.8) is 0 Å². The van der Waals surface area contributed by atoms with E-state index in [1.54, 1.807) is 24.3 Å². The Kier molecular flexibility index (Phi) is 4.05. The number of carbonyl (C=O) groups is 1. The van der Waals surface area contributed by atoms with Crippen molar-refractivity contribution in [3.05, 3.63) is 35.7 Å². The third-order valence-corrected chi connectivity index (χ3v) is 1.72. The number of methoxy groups -OCH3 is 1. The average molecular weight is 202 g/mol. The van der Waals surface area contributed by atoms with Crippen molar-refractivity contribution in [2.75, 3.05) is 7.11 Å². The summed E-state index contributed by atoms with van der Waals surface area (Å²) in [6.45, 7) is 0. The van der Waals surface area contributed by atoms with Crippen LogP contribution in [0.25, 0.3) is 6.08 Å². The number of ether oxygens (including phenoxy) is 1. The molecule has 4 heteroatoms. The fourth-order valence-corrected chi connectivity index (χ4v) is 0.929. The molecule has 1 rings (SSSR count). The Hall–Kier alpha value is -2.15. The molecule has 0 N–H and O–H groups in total. The van der Waals surface area contributed by atoms with Crippen LogP contribution in [0.3, 0.4) is 0 Å². The minimum absolute atomic E-state index is 0.220. The third kappa shape index (κ3) is 3.61. The van der Waals surface area contributed by atoms with Gasteiger partial charge in [0.2, 0.25) is 0 Å². The number of nitrogens with zero attached hydrogens (tertiary/aromatic N) is 2. The zero-order chi connectivity index (χ0) is 11.1. The van der Waals surface area contributed by atoms with Gasteiger partial charge >= 0.3 is 5.97 Å². The molecule has 0 amide bonds. The maximum absolute atomic E-state index is 10.8. The Bertz CT molecular complexity index is 402.